The number of nitrogens with one attached hydrogen (secondary N) is 1. The predicted octanol–water partition coefficient (Wildman–Crippen LogP) is 3.76. The fraction of sp³-hybridized carbons (Fsp3) is 0.696. The molecule has 31 heavy (non-hydrogen) atoms. The van der Waals surface area contributed by atoms with E-state index in [1.165, 1.54) is 16.2 Å². The first-order valence-corrected chi connectivity index (χ1v) is 12.4. The molecule has 170 valence electrons. The summed E-state index contributed by atoms with van der Waals surface area (Å²) in [5, 5.41) is 10.7. The van der Waals surface area contributed by atoms with E-state index in [2.05, 4.69) is 41.6 Å². The molecule has 1 amide bonds. The minimum atomic E-state index is -0.981. The van der Waals surface area contributed by atoms with Crippen LogP contribution >= 0.6 is 23.5 Å². The van der Waals surface area contributed by atoms with Crippen LogP contribution in [0.2, 0.25) is 0 Å². The second kappa shape index (κ2) is 9.00. The second-order valence-electron chi connectivity index (χ2n) is 10.1. The van der Waals surface area contributed by atoms with Gasteiger partial charge in [-0.3, -0.25) is 24.4 Å². The Balaban J connectivity index is 1.45. The molecule has 1 fully saturated rings. The van der Waals surface area contributed by atoms with Gasteiger partial charge in [-0.05, 0) is 54.4 Å². The number of aliphatic hydroxyl groups excluding tert-OH is 1. The summed E-state index contributed by atoms with van der Waals surface area (Å²) in [4.78, 5) is 24.7. The van der Waals surface area contributed by atoms with Crippen LogP contribution in [0.5, 0.6) is 0 Å². The third-order valence-electron chi connectivity index (χ3n) is 6.94. The lowest BCUT2D eigenvalue weighted by Gasteiger charge is -2.35. The van der Waals surface area contributed by atoms with Crippen LogP contribution in [0.1, 0.15) is 47.0 Å². The molecule has 0 aromatic carbocycles. The van der Waals surface area contributed by atoms with E-state index in [-0.39, 0.29) is 23.9 Å². The summed E-state index contributed by atoms with van der Waals surface area (Å²) in [5.74, 6) is 0.137. The van der Waals surface area contributed by atoms with Crippen molar-refractivity contribution in [3.63, 3.8) is 0 Å². The number of hydrogen-bond donors (Lipinski definition) is 2. The SMILES string of the molecule is C[C@H]1CN=C(N2C(=O)C3C([C@H]2O)[C@H](NSC2=CCC(C(C)(C)C)CC2)C=C[C@@H]3Cl)C=N1. The number of rotatable bonds is 3. The number of carbonyl (C=O) groups excluding carboxylic acids is 1. The molecule has 6 nitrogen and oxygen atoms in total. The molecule has 4 aliphatic rings. The first-order chi connectivity index (χ1) is 14.7. The van der Waals surface area contributed by atoms with Crippen molar-refractivity contribution in [2.75, 3.05) is 6.54 Å². The summed E-state index contributed by atoms with van der Waals surface area (Å²) in [5.41, 5.74) is 0.329. The standard InChI is InChI=1S/C23H33ClN4O2S/c1-13-11-26-18(12-25-13)28-21(29)19-16(24)9-10-17(20(19)22(28)30)27-31-15-7-5-14(6-8-15)23(2,3)4/h7,9-10,12-14,16-17,19-20,22,27,30H,5-6,8,11H2,1-4H3/t13-,14?,16-,17+,19?,20?,22+/m0/s1. The highest BCUT2D eigenvalue weighted by molar-refractivity contribution is 8.01. The highest BCUT2D eigenvalue weighted by atomic mass is 35.5. The van der Waals surface area contributed by atoms with Crippen molar-refractivity contribution in [2.45, 2.75) is 70.6 Å². The third kappa shape index (κ3) is 4.65. The van der Waals surface area contributed by atoms with Gasteiger partial charge in [0.25, 0.3) is 0 Å². The number of hydrogen-bond acceptors (Lipinski definition) is 6. The molecular weight excluding hydrogens is 432 g/mol. The predicted molar refractivity (Wildman–Crippen MR) is 128 cm³/mol. The Bertz CT molecular complexity index is 834. The molecule has 0 bridgehead atoms. The Kier molecular flexibility index (Phi) is 6.69. The van der Waals surface area contributed by atoms with Crippen molar-refractivity contribution >= 4 is 41.5 Å². The lowest BCUT2D eigenvalue weighted by molar-refractivity contribution is -0.130. The minimum Gasteiger partial charge on any atom is -0.373 e. The maximum Gasteiger partial charge on any atom is 0.235 e. The first kappa shape index (κ1) is 23.0. The molecule has 7 atom stereocenters. The Hall–Kier alpha value is -1.15. The van der Waals surface area contributed by atoms with Gasteiger partial charge in [0.15, 0.2) is 5.84 Å². The van der Waals surface area contributed by atoms with Crippen LogP contribution in [0.25, 0.3) is 0 Å². The van der Waals surface area contributed by atoms with Crippen molar-refractivity contribution in [1.82, 2.24) is 9.62 Å². The summed E-state index contributed by atoms with van der Waals surface area (Å²) in [7, 11) is 0. The summed E-state index contributed by atoms with van der Waals surface area (Å²) >= 11 is 8.14. The number of aliphatic imine (C=N–C) groups is 2. The molecule has 0 aromatic rings. The zero-order valence-electron chi connectivity index (χ0n) is 18.7. The van der Waals surface area contributed by atoms with Gasteiger partial charge in [-0.2, -0.15) is 0 Å². The minimum absolute atomic E-state index is 0.0933. The van der Waals surface area contributed by atoms with Crippen LogP contribution in [-0.2, 0) is 4.79 Å². The Morgan fingerprint density at radius 3 is 2.71 bits per heavy atom. The van der Waals surface area contributed by atoms with Gasteiger partial charge in [0, 0.05) is 12.0 Å². The van der Waals surface area contributed by atoms with Gasteiger partial charge in [0.05, 0.1) is 30.1 Å². The molecule has 4 rings (SSSR count). The van der Waals surface area contributed by atoms with Crippen LogP contribution in [0.15, 0.2) is 33.1 Å². The van der Waals surface area contributed by atoms with E-state index in [1.54, 1.807) is 18.2 Å². The van der Waals surface area contributed by atoms with E-state index < -0.39 is 17.5 Å². The third-order valence-corrected chi connectivity index (χ3v) is 8.37. The van der Waals surface area contributed by atoms with Crippen molar-refractivity contribution < 1.29 is 9.90 Å². The van der Waals surface area contributed by atoms with E-state index in [9.17, 15) is 9.90 Å². The van der Waals surface area contributed by atoms with Crippen molar-refractivity contribution in [3.05, 3.63) is 23.1 Å². The van der Waals surface area contributed by atoms with Crippen molar-refractivity contribution in [3.8, 4) is 0 Å². The number of alkyl halides is 1. The fourth-order valence-corrected chi connectivity index (χ4v) is 6.17. The van der Waals surface area contributed by atoms with E-state index in [1.807, 2.05) is 19.1 Å². The molecule has 2 N–H and O–H groups in total. The molecule has 1 saturated heterocycles. The topological polar surface area (TPSA) is 77.3 Å². The maximum absolute atomic E-state index is 13.2. The molecule has 0 radical (unpaired) electrons. The Labute approximate surface area is 194 Å². The molecule has 2 aliphatic heterocycles. The summed E-state index contributed by atoms with van der Waals surface area (Å²) < 4.78 is 3.51. The maximum atomic E-state index is 13.2. The largest absolute Gasteiger partial charge is 0.373 e. The monoisotopic (exact) mass is 464 g/mol. The van der Waals surface area contributed by atoms with E-state index in [0.717, 1.165) is 12.8 Å². The van der Waals surface area contributed by atoms with Gasteiger partial charge in [-0.15, -0.1) is 11.6 Å². The van der Waals surface area contributed by atoms with E-state index in [4.69, 9.17) is 11.6 Å². The molecular formula is C23H33ClN4O2S. The van der Waals surface area contributed by atoms with Crippen molar-refractivity contribution in [2.24, 2.45) is 33.2 Å². The number of fused-ring (bicyclic) bond motifs is 1. The molecule has 0 aromatic heterocycles. The smallest absolute Gasteiger partial charge is 0.235 e. The lowest BCUT2D eigenvalue weighted by Crippen LogP contribution is -2.46. The zero-order valence-corrected chi connectivity index (χ0v) is 20.2. The quantitative estimate of drug-likeness (QED) is 0.378. The number of allylic oxidation sites excluding steroid dienone is 3. The highest BCUT2D eigenvalue weighted by Gasteiger charge is 2.55. The average Bonchev–Trinajstić information content (AvgIpc) is 2.99. The van der Waals surface area contributed by atoms with Gasteiger partial charge in [0.2, 0.25) is 5.91 Å². The Morgan fingerprint density at radius 2 is 2.10 bits per heavy atom. The van der Waals surface area contributed by atoms with Crippen LogP contribution in [0, 0.1) is 23.2 Å². The normalized spacial score (nSPS) is 38.2. The summed E-state index contributed by atoms with van der Waals surface area (Å²) in [6.07, 6.45) is 10.2. The van der Waals surface area contributed by atoms with Gasteiger partial charge in [-0.1, -0.05) is 39.0 Å². The zero-order chi connectivity index (χ0) is 22.3. The average molecular weight is 465 g/mol. The number of nitrogens with zero attached hydrogens (tertiary/aromatic N) is 3. The Morgan fingerprint density at radius 1 is 1.32 bits per heavy atom. The van der Waals surface area contributed by atoms with Crippen LogP contribution in [0.4, 0.5) is 0 Å². The molecule has 8 heteroatoms. The van der Waals surface area contributed by atoms with Crippen molar-refractivity contribution in [1.29, 1.82) is 0 Å². The second-order valence-corrected chi connectivity index (χ2v) is 11.6. The summed E-state index contributed by atoms with van der Waals surface area (Å²) in [6.45, 7) is 9.41. The molecule has 3 unspecified atom stereocenters. The van der Waals surface area contributed by atoms with E-state index in [0.29, 0.717) is 23.7 Å². The summed E-state index contributed by atoms with van der Waals surface area (Å²) in [6, 6.07) is -0.0639. The molecule has 0 spiro atoms. The van der Waals surface area contributed by atoms with Crippen LogP contribution < -0.4 is 4.72 Å². The van der Waals surface area contributed by atoms with Crippen LogP contribution in [0.3, 0.4) is 0 Å². The number of amidine groups is 1. The van der Waals surface area contributed by atoms with Gasteiger partial charge >= 0.3 is 0 Å². The van der Waals surface area contributed by atoms with E-state index >= 15 is 0 Å². The highest BCUT2D eigenvalue weighted by Crippen LogP contribution is 2.43. The molecule has 0 saturated carbocycles. The number of amides is 1. The number of likely N-dealkylation sites (tertiary alicyclic amines) is 1. The van der Waals surface area contributed by atoms with Gasteiger partial charge < -0.3 is 5.11 Å². The lowest BCUT2D eigenvalue weighted by atomic mass is 9.74. The number of aliphatic hydroxyl groups is 1. The van der Waals surface area contributed by atoms with Crippen LogP contribution in [-0.4, -0.2) is 58.2 Å². The first-order valence-electron chi connectivity index (χ1n) is 11.2. The number of carbonyl (C=O) groups is 1. The fourth-order valence-electron chi connectivity index (χ4n) is 4.89. The molecule has 2 heterocycles. The molecule has 2 aliphatic carbocycles. The van der Waals surface area contributed by atoms with Gasteiger partial charge in [0.1, 0.15) is 6.23 Å². The van der Waals surface area contributed by atoms with Gasteiger partial charge in [-0.25, -0.2) is 0 Å². The number of halogens is 1.